The fourth-order valence-electron chi connectivity index (χ4n) is 10.6. The van der Waals surface area contributed by atoms with Gasteiger partial charge in [0.25, 0.3) is 0 Å². The highest BCUT2D eigenvalue weighted by atomic mass is 16.7. The van der Waals surface area contributed by atoms with E-state index in [4.69, 9.17) is 33.2 Å². The molecule has 0 saturated carbocycles. The first kappa shape index (κ1) is 43.5. The molecule has 5 heterocycles. The largest absolute Gasteiger partial charge is 0.458 e. The van der Waals surface area contributed by atoms with Gasteiger partial charge >= 0.3 is 12.1 Å². The number of hydrogen-bond acceptors (Lipinski definition) is 13. The molecule has 0 aliphatic carbocycles. The molecule has 9 unspecified atom stereocenters. The van der Waals surface area contributed by atoms with Gasteiger partial charge in [0.15, 0.2) is 18.2 Å². The maximum atomic E-state index is 14.5. The van der Waals surface area contributed by atoms with Crippen LogP contribution in [0.1, 0.15) is 95.4 Å². The van der Waals surface area contributed by atoms with Gasteiger partial charge in [-0.05, 0) is 85.7 Å². The summed E-state index contributed by atoms with van der Waals surface area (Å²) in [6, 6.07) is -0.539. The molecule has 5 fully saturated rings. The zero-order chi connectivity index (χ0) is 40.2. The minimum absolute atomic E-state index is 0.00851. The van der Waals surface area contributed by atoms with Gasteiger partial charge in [-0.25, -0.2) is 4.79 Å². The Morgan fingerprint density at radius 1 is 0.926 bits per heavy atom. The molecule has 312 valence electrons. The molecule has 54 heavy (non-hydrogen) atoms. The van der Waals surface area contributed by atoms with Crippen LogP contribution in [0.2, 0.25) is 0 Å². The molecule has 5 saturated heterocycles. The summed E-state index contributed by atoms with van der Waals surface area (Å²) in [7, 11) is 5.45. The third-order valence-corrected chi connectivity index (χ3v) is 13.8. The summed E-state index contributed by atoms with van der Waals surface area (Å²) >= 11 is 0. The molecule has 14 heteroatoms. The zero-order valence-electron chi connectivity index (χ0n) is 35.2. The predicted octanol–water partition coefficient (Wildman–Crippen LogP) is 3.54. The lowest BCUT2D eigenvalue weighted by Crippen LogP contribution is -2.60. The molecule has 5 aliphatic rings. The number of nitrogens with zero attached hydrogens (tertiary/aromatic N) is 2. The van der Waals surface area contributed by atoms with Crippen LogP contribution in [-0.2, 0) is 38.0 Å². The van der Waals surface area contributed by atoms with Crippen molar-refractivity contribution in [2.45, 2.75) is 180 Å². The minimum Gasteiger partial charge on any atom is -0.458 e. The van der Waals surface area contributed by atoms with Crippen LogP contribution in [0.4, 0.5) is 4.79 Å². The predicted molar refractivity (Wildman–Crippen MR) is 200 cm³/mol. The average Bonchev–Trinajstić information content (AvgIpc) is 3.22. The SMILES string of the molecule is COC1(C)CC(O[C@H]2[C@H](C)[C@@H](OC3OC(C)CC(N(C)C)C3O)C(C)(C)C[C@@H](C)C3NCCN4C(=O)O[C@](C)([C@@H](C)OC(=O)[C@@H]2C)[C@H]4[C@H]3C)OC(C)C1O. The van der Waals surface area contributed by atoms with E-state index in [1.807, 2.05) is 46.7 Å². The number of methoxy groups -OCH3 is 1. The number of aliphatic hydroxyl groups is 2. The molecular weight excluding hydrogens is 698 g/mol. The molecule has 18 atom stereocenters. The highest BCUT2D eigenvalue weighted by Crippen LogP contribution is 2.46. The van der Waals surface area contributed by atoms with Gasteiger partial charge in [0.2, 0.25) is 0 Å². The van der Waals surface area contributed by atoms with Crippen molar-refractivity contribution in [1.29, 1.82) is 0 Å². The highest BCUT2D eigenvalue weighted by Gasteiger charge is 2.60. The number of esters is 1. The van der Waals surface area contributed by atoms with Crippen molar-refractivity contribution in [2.24, 2.45) is 29.1 Å². The molecule has 0 aromatic carbocycles. The number of carbonyl (C=O) groups is 2. The van der Waals surface area contributed by atoms with Gasteiger partial charge in [0, 0.05) is 44.6 Å². The second kappa shape index (κ2) is 16.3. The van der Waals surface area contributed by atoms with E-state index in [1.54, 1.807) is 32.8 Å². The van der Waals surface area contributed by atoms with Gasteiger partial charge in [-0.15, -0.1) is 0 Å². The van der Waals surface area contributed by atoms with E-state index in [2.05, 4.69) is 33.0 Å². The number of fused-ring (bicyclic) bond motifs is 1. The third-order valence-electron chi connectivity index (χ3n) is 13.8. The lowest BCUT2D eigenvalue weighted by Gasteiger charge is -2.50. The van der Waals surface area contributed by atoms with Gasteiger partial charge in [-0.1, -0.05) is 34.6 Å². The first-order valence-corrected chi connectivity index (χ1v) is 20.2. The van der Waals surface area contributed by atoms with Crippen molar-refractivity contribution in [2.75, 3.05) is 34.3 Å². The summed E-state index contributed by atoms with van der Waals surface area (Å²) in [5.74, 6) is -1.77. The zero-order valence-corrected chi connectivity index (χ0v) is 35.2. The number of rotatable bonds is 6. The van der Waals surface area contributed by atoms with Crippen LogP contribution in [0.15, 0.2) is 0 Å². The first-order valence-electron chi connectivity index (χ1n) is 20.2. The number of hydrogen-bond donors (Lipinski definition) is 3. The van der Waals surface area contributed by atoms with Crippen molar-refractivity contribution in [1.82, 2.24) is 15.1 Å². The number of aliphatic hydroxyl groups excluding tert-OH is 2. The molecule has 2 bridgehead atoms. The van der Waals surface area contributed by atoms with Crippen molar-refractivity contribution in [3.05, 3.63) is 0 Å². The molecule has 0 aromatic rings. The second-order valence-electron chi connectivity index (χ2n) is 18.6. The van der Waals surface area contributed by atoms with Crippen molar-refractivity contribution >= 4 is 12.1 Å². The van der Waals surface area contributed by atoms with Gasteiger partial charge in [-0.3, -0.25) is 9.69 Å². The van der Waals surface area contributed by atoms with Crippen LogP contribution < -0.4 is 5.32 Å². The molecule has 0 spiro atoms. The molecule has 0 radical (unpaired) electrons. The lowest BCUT2D eigenvalue weighted by atomic mass is 9.68. The van der Waals surface area contributed by atoms with Crippen molar-refractivity contribution in [3.8, 4) is 0 Å². The Morgan fingerprint density at radius 3 is 2.22 bits per heavy atom. The van der Waals surface area contributed by atoms with E-state index in [9.17, 15) is 19.8 Å². The first-order chi connectivity index (χ1) is 25.1. The smallest absolute Gasteiger partial charge is 0.410 e. The van der Waals surface area contributed by atoms with E-state index in [0.29, 0.717) is 25.9 Å². The molecule has 14 nitrogen and oxygen atoms in total. The Kier molecular flexibility index (Phi) is 13.2. The summed E-state index contributed by atoms with van der Waals surface area (Å²) in [6.45, 7) is 22.8. The van der Waals surface area contributed by atoms with Crippen LogP contribution >= 0.6 is 0 Å². The normalized spacial score (nSPS) is 49.2. The fraction of sp³-hybridized carbons (Fsp3) is 0.950. The Morgan fingerprint density at radius 2 is 1.59 bits per heavy atom. The van der Waals surface area contributed by atoms with E-state index in [1.165, 1.54) is 0 Å². The third kappa shape index (κ3) is 8.20. The van der Waals surface area contributed by atoms with Crippen molar-refractivity contribution in [3.63, 3.8) is 0 Å². The van der Waals surface area contributed by atoms with E-state index < -0.39 is 89.7 Å². The molecule has 5 rings (SSSR count). The van der Waals surface area contributed by atoms with Crippen LogP contribution in [0.25, 0.3) is 0 Å². The summed E-state index contributed by atoms with van der Waals surface area (Å²) < 4.78 is 44.8. The average molecular weight is 770 g/mol. The van der Waals surface area contributed by atoms with E-state index >= 15 is 0 Å². The number of ether oxygens (including phenoxy) is 7. The van der Waals surface area contributed by atoms with Crippen LogP contribution in [0, 0.1) is 29.1 Å². The van der Waals surface area contributed by atoms with Gasteiger partial charge in [-0.2, -0.15) is 0 Å². The van der Waals surface area contributed by atoms with Gasteiger partial charge < -0.3 is 53.6 Å². The fourth-order valence-corrected chi connectivity index (χ4v) is 10.6. The molecule has 3 N–H and O–H groups in total. The Labute approximate surface area is 323 Å². The standard InChI is InChI=1S/C40H71N3O11/c1-20-18-38(8,9)34(53-36-30(44)27(42(12)13)17-21(2)49-36)23(4)31(52-28-19-39(10,48-14)33(45)25(6)50-28)24(5)35(46)51-26(7)40(11)32-22(3)29(20)41-15-16-43(32)37(47)54-40/h20-34,36,41,44-45H,15-19H2,1-14H3/t20-,21?,22+,23+,24-,25?,26-,27?,28?,29?,30?,31+,32-,33?,34-,36?,39?,40-/m1/s1. The number of amides is 1. The van der Waals surface area contributed by atoms with Gasteiger partial charge in [0.05, 0.1) is 42.0 Å². The maximum Gasteiger partial charge on any atom is 0.410 e. The van der Waals surface area contributed by atoms with E-state index in [-0.39, 0.29) is 42.5 Å². The number of nitrogens with one attached hydrogen (secondary N) is 1. The number of carbonyl (C=O) groups excluding carboxylic acids is 2. The van der Waals surface area contributed by atoms with Crippen molar-refractivity contribution < 1.29 is 53.0 Å². The molecule has 5 aliphatic heterocycles. The number of cyclic esters (lactones) is 1. The lowest BCUT2D eigenvalue weighted by molar-refractivity contribution is -0.313. The minimum atomic E-state index is -1.10. The molecule has 1 amide bonds. The van der Waals surface area contributed by atoms with Gasteiger partial charge in [0.1, 0.15) is 18.3 Å². The monoisotopic (exact) mass is 770 g/mol. The Bertz CT molecular complexity index is 1320. The summed E-state index contributed by atoms with van der Waals surface area (Å²) in [5.41, 5.74) is -2.62. The Balaban J connectivity index is 1.60. The Hall–Kier alpha value is -1.62. The topological polar surface area (TPSA) is 158 Å². The quantitative estimate of drug-likeness (QED) is 0.338. The van der Waals surface area contributed by atoms with Crippen LogP contribution in [-0.4, -0.2) is 151 Å². The summed E-state index contributed by atoms with van der Waals surface area (Å²) in [4.78, 5) is 31.7. The summed E-state index contributed by atoms with van der Waals surface area (Å²) in [5, 5.41) is 26.5. The van der Waals surface area contributed by atoms with Crippen LogP contribution in [0.5, 0.6) is 0 Å². The summed E-state index contributed by atoms with van der Waals surface area (Å²) in [6.07, 6.45) is -5.40. The van der Waals surface area contributed by atoms with Crippen LogP contribution in [0.3, 0.4) is 0 Å². The number of likely N-dealkylation sites (N-methyl/N-ethyl adjacent to an activating group) is 1. The second-order valence-corrected chi connectivity index (χ2v) is 18.6. The van der Waals surface area contributed by atoms with E-state index in [0.717, 1.165) is 0 Å². The maximum absolute atomic E-state index is 14.5. The molecular formula is C40H71N3O11. The molecule has 0 aromatic heterocycles. The highest BCUT2D eigenvalue weighted by molar-refractivity contribution is 5.74.